The highest BCUT2D eigenvalue weighted by Crippen LogP contribution is 2.31. The number of benzene rings is 4. The summed E-state index contributed by atoms with van der Waals surface area (Å²) in [6, 6.07) is 32.8. The maximum absolute atomic E-state index is 6.04. The Balaban J connectivity index is 1.40. The van der Waals surface area contributed by atoms with Crippen LogP contribution in [0.15, 0.2) is 101 Å². The Morgan fingerprint density at radius 3 is 1.91 bits per heavy atom. The summed E-state index contributed by atoms with van der Waals surface area (Å²) in [6.45, 7) is 1.90. The molecule has 0 radical (unpaired) electrons. The van der Waals surface area contributed by atoms with Crippen LogP contribution in [0.1, 0.15) is 5.82 Å². The Kier molecular flexibility index (Phi) is 4.29. The van der Waals surface area contributed by atoms with E-state index in [9.17, 15) is 0 Å². The smallest absolute Gasteiger partial charge is 0.163 e. The summed E-state index contributed by atoms with van der Waals surface area (Å²) < 4.78 is 6.04. The Morgan fingerprint density at radius 1 is 0.500 bits per heavy atom. The molecule has 0 aliphatic heterocycles. The highest BCUT2D eigenvalue weighted by molar-refractivity contribution is 6.05. The van der Waals surface area contributed by atoms with Crippen molar-refractivity contribution in [2.45, 2.75) is 6.92 Å². The van der Waals surface area contributed by atoms with Gasteiger partial charge in [-0.3, -0.25) is 0 Å². The maximum atomic E-state index is 6.04. The van der Waals surface area contributed by atoms with E-state index in [4.69, 9.17) is 9.40 Å². The molecule has 4 nitrogen and oxygen atoms in total. The molecule has 0 saturated carbocycles. The highest BCUT2D eigenvalue weighted by atomic mass is 16.3. The monoisotopic (exact) mass is 413 g/mol. The van der Waals surface area contributed by atoms with E-state index in [1.165, 1.54) is 5.56 Å². The molecule has 0 amide bonds. The first-order chi connectivity index (χ1) is 15.7. The SMILES string of the molecule is Cc1nc(-c2ccc(-c3ccccc3)cc2)nc(-c2ccc3c(c2)oc2ccccc23)n1. The van der Waals surface area contributed by atoms with E-state index in [0.717, 1.165) is 38.6 Å². The number of rotatable bonds is 3. The number of furan rings is 1. The molecule has 2 aromatic heterocycles. The van der Waals surface area contributed by atoms with Gasteiger partial charge < -0.3 is 4.42 Å². The summed E-state index contributed by atoms with van der Waals surface area (Å²) >= 11 is 0. The lowest BCUT2D eigenvalue weighted by molar-refractivity contribution is 0.669. The maximum Gasteiger partial charge on any atom is 0.163 e. The van der Waals surface area contributed by atoms with Gasteiger partial charge in [-0.25, -0.2) is 15.0 Å². The van der Waals surface area contributed by atoms with Gasteiger partial charge in [0.2, 0.25) is 0 Å². The van der Waals surface area contributed by atoms with Gasteiger partial charge in [0.05, 0.1) is 0 Å². The molecule has 0 fully saturated rings. The molecule has 6 rings (SSSR count). The van der Waals surface area contributed by atoms with Crippen LogP contribution in [0.4, 0.5) is 0 Å². The first-order valence-electron chi connectivity index (χ1n) is 10.5. The van der Waals surface area contributed by atoms with E-state index >= 15 is 0 Å². The van der Waals surface area contributed by atoms with Crippen LogP contribution in [0.5, 0.6) is 0 Å². The zero-order chi connectivity index (χ0) is 21.5. The van der Waals surface area contributed by atoms with Gasteiger partial charge in [-0.05, 0) is 36.2 Å². The molecule has 2 heterocycles. The van der Waals surface area contributed by atoms with Gasteiger partial charge in [0, 0.05) is 21.9 Å². The molecule has 0 atom stereocenters. The van der Waals surface area contributed by atoms with E-state index in [1.807, 2.05) is 55.5 Å². The van der Waals surface area contributed by atoms with Crippen molar-refractivity contribution in [1.29, 1.82) is 0 Å². The van der Waals surface area contributed by atoms with Crippen LogP contribution in [0.3, 0.4) is 0 Å². The second kappa shape index (κ2) is 7.43. The summed E-state index contributed by atoms with van der Waals surface area (Å²) in [7, 11) is 0. The van der Waals surface area contributed by atoms with Crippen molar-refractivity contribution in [3.8, 4) is 33.9 Å². The molecule has 4 heteroatoms. The molecule has 4 aromatic carbocycles. The van der Waals surface area contributed by atoms with Gasteiger partial charge in [0.15, 0.2) is 11.6 Å². The number of nitrogens with zero attached hydrogens (tertiary/aromatic N) is 3. The van der Waals surface area contributed by atoms with Crippen LogP contribution in [-0.4, -0.2) is 15.0 Å². The quantitative estimate of drug-likeness (QED) is 0.311. The minimum atomic E-state index is 0.641. The lowest BCUT2D eigenvalue weighted by Crippen LogP contribution is -1.99. The van der Waals surface area contributed by atoms with Gasteiger partial charge in [-0.1, -0.05) is 78.9 Å². The number of aromatic nitrogens is 3. The van der Waals surface area contributed by atoms with Crippen molar-refractivity contribution in [2.24, 2.45) is 0 Å². The Labute approximate surface area is 185 Å². The summed E-state index contributed by atoms with van der Waals surface area (Å²) in [5.41, 5.74) is 5.92. The molecule has 0 aliphatic carbocycles. The van der Waals surface area contributed by atoms with Crippen molar-refractivity contribution in [3.63, 3.8) is 0 Å². The summed E-state index contributed by atoms with van der Waals surface area (Å²) in [5.74, 6) is 1.99. The highest BCUT2D eigenvalue weighted by Gasteiger charge is 2.12. The minimum absolute atomic E-state index is 0.641. The van der Waals surface area contributed by atoms with Gasteiger partial charge in [-0.15, -0.1) is 0 Å². The van der Waals surface area contributed by atoms with Crippen LogP contribution >= 0.6 is 0 Å². The van der Waals surface area contributed by atoms with Gasteiger partial charge in [0.1, 0.15) is 17.0 Å². The standard InChI is InChI=1S/C28H19N3O/c1-18-29-27(21-13-11-20(12-14-21)19-7-3-2-4-8-19)31-28(30-18)22-15-16-24-23-9-5-6-10-25(23)32-26(24)17-22/h2-17H,1H3. The summed E-state index contributed by atoms with van der Waals surface area (Å²) in [5, 5.41) is 2.20. The minimum Gasteiger partial charge on any atom is -0.456 e. The van der Waals surface area contributed by atoms with Gasteiger partial charge in [0.25, 0.3) is 0 Å². The lowest BCUT2D eigenvalue weighted by Gasteiger charge is -2.07. The van der Waals surface area contributed by atoms with Gasteiger partial charge in [-0.2, -0.15) is 0 Å². The van der Waals surface area contributed by atoms with Crippen molar-refractivity contribution in [1.82, 2.24) is 15.0 Å². The Bertz CT molecular complexity index is 1570. The van der Waals surface area contributed by atoms with Crippen molar-refractivity contribution >= 4 is 21.9 Å². The molecular formula is C28H19N3O. The second-order valence-electron chi connectivity index (χ2n) is 7.78. The van der Waals surface area contributed by atoms with E-state index < -0.39 is 0 Å². The first kappa shape index (κ1) is 18.5. The summed E-state index contributed by atoms with van der Waals surface area (Å²) in [6.07, 6.45) is 0. The molecule has 32 heavy (non-hydrogen) atoms. The predicted molar refractivity (Wildman–Crippen MR) is 128 cm³/mol. The topological polar surface area (TPSA) is 51.8 Å². The molecule has 152 valence electrons. The Hall–Kier alpha value is -4.31. The van der Waals surface area contributed by atoms with Crippen molar-refractivity contribution < 1.29 is 4.42 Å². The first-order valence-corrected chi connectivity index (χ1v) is 10.5. The molecule has 0 unspecified atom stereocenters. The van der Waals surface area contributed by atoms with Crippen LogP contribution in [0.25, 0.3) is 55.8 Å². The molecule has 6 aromatic rings. The molecule has 0 aliphatic rings. The third kappa shape index (κ3) is 3.22. The number of para-hydroxylation sites is 1. The molecular weight excluding hydrogens is 394 g/mol. The van der Waals surface area contributed by atoms with Crippen LogP contribution in [0, 0.1) is 6.92 Å². The second-order valence-corrected chi connectivity index (χ2v) is 7.78. The van der Waals surface area contributed by atoms with Gasteiger partial charge >= 0.3 is 0 Å². The summed E-state index contributed by atoms with van der Waals surface area (Å²) in [4.78, 5) is 13.9. The predicted octanol–water partition coefficient (Wildman–Crippen LogP) is 7.08. The van der Waals surface area contributed by atoms with Crippen LogP contribution in [0.2, 0.25) is 0 Å². The average molecular weight is 413 g/mol. The fraction of sp³-hybridized carbons (Fsp3) is 0.0357. The largest absolute Gasteiger partial charge is 0.456 e. The number of hydrogen-bond acceptors (Lipinski definition) is 4. The van der Waals surface area contributed by atoms with Crippen LogP contribution < -0.4 is 0 Å². The number of aryl methyl sites for hydroxylation is 1. The molecule has 0 bridgehead atoms. The normalized spacial score (nSPS) is 11.3. The third-order valence-electron chi connectivity index (χ3n) is 5.63. The van der Waals surface area contributed by atoms with E-state index in [-0.39, 0.29) is 0 Å². The average Bonchev–Trinajstić information content (AvgIpc) is 3.22. The Morgan fingerprint density at radius 2 is 1.09 bits per heavy atom. The van der Waals surface area contributed by atoms with E-state index in [0.29, 0.717) is 17.5 Å². The third-order valence-corrected chi connectivity index (χ3v) is 5.63. The van der Waals surface area contributed by atoms with Crippen LogP contribution in [-0.2, 0) is 0 Å². The molecule has 0 N–H and O–H groups in total. The zero-order valence-electron chi connectivity index (χ0n) is 17.5. The van der Waals surface area contributed by atoms with Crippen molar-refractivity contribution in [3.05, 3.63) is 103 Å². The number of hydrogen-bond donors (Lipinski definition) is 0. The molecule has 0 saturated heterocycles. The lowest BCUT2D eigenvalue weighted by atomic mass is 10.0. The zero-order valence-corrected chi connectivity index (χ0v) is 17.5. The number of fused-ring (bicyclic) bond motifs is 3. The molecule has 0 spiro atoms. The fourth-order valence-corrected chi connectivity index (χ4v) is 4.05. The van der Waals surface area contributed by atoms with Crippen molar-refractivity contribution in [2.75, 3.05) is 0 Å². The van der Waals surface area contributed by atoms with E-state index in [2.05, 4.69) is 58.5 Å². The van der Waals surface area contributed by atoms with E-state index in [1.54, 1.807) is 0 Å². The fourth-order valence-electron chi connectivity index (χ4n) is 4.05.